The van der Waals surface area contributed by atoms with Crippen molar-refractivity contribution in [2.24, 2.45) is 17.6 Å². The molecule has 0 spiro atoms. The van der Waals surface area contributed by atoms with E-state index in [1.807, 2.05) is 38.1 Å². The molecule has 0 aliphatic heterocycles. The lowest BCUT2D eigenvalue weighted by Crippen LogP contribution is -2.58. The van der Waals surface area contributed by atoms with Gasteiger partial charge in [-0.1, -0.05) is 45.9 Å². The molecule has 39 heavy (non-hydrogen) atoms. The number of hydrogen-bond acceptors (Lipinski definition) is 6. The number of amides is 3. The molecular formula is C27H39N5O7. The van der Waals surface area contributed by atoms with Crippen molar-refractivity contribution in [3.05, 3.63) is 36.0 Å². The average molecular weight is 546 g/mol. The molecule has 1 aromatic carbocycles. The highest BCUT2D eigenvalue weighted by atomic mass is 16.4. The van der Waals surface area contributed by atoms with E-state index < -0.39 is 59.7 Å². The van der Waals surface area contributed by atoms with Gasteiger partial charge in [0.2, 0.25) is 17.7 Å². The molecule has 0 aliphatic carbocycles. The maximum absolute atomic E-state index is 13.2. The number of nitrogens with two attached hydrogens (primary N) is 1. The van der Waals surface area contributed by atoms with E-state index in [9.17, 15) is 29.1 Å². The molecule has 3 amide bonds. The first-order valence-corrected chi connectivity index (χ1v) is 13.0. The second kappa shape index (κ2) is 14.3. The predicted octanol–water partition coefficient (Wildman–Crippen LogP) is 1.14. The summed E-state index contributed by atoms with van der Waals surface area (Å²) in [4.78, 5) is 64.8. The van der Waals surface area contributed by atoms with E-state index in [2.05, 4.69) is 20.9 Å². The number of carbonyl (C=O) groups excluding carboxylic acids is 3. The molecule has 4 atom stereocenters. The van der Waals surface area contributed by atoms with E-state index in [1.54, 1.807) is 20.0 Å². The van der Waals surface area contributed by atoms with Crippen molar-refractivity contribution in [3.8, 4) is 0 Å². The molecule has 0 fully saturated rings. The van der Waals surface area contributed by atoms with Crippen LogP contribution in [0.15, 0.2) is 30.5 Å². The van der Waals surface area contributed by atoms with Crippen LogP contribution < -0.4 is 21.7 Å². The third-order valence-electron chi connectivity index (χ3n) is 6.31. The lowest BCUT2D eigenvalue weighted by Gasteiger charge is -2.27. The second-order valence-electron chi connectivity index (χ2n) is 10.4. The van der Waals surface area contributed by atoms with Gasteiger partial charge in [0, 0.05) is 29.9 Å². The van der Waals surface area contributed by atoms with Crippen molar-refractivity contribution in [1.29, 1.82) is 0 Å². The molecule has 214 valence electrons. The molecule has 12 heteroatoms. The number of fused-ring (bicyclic) bond motifs is 1. The van der Waals surface area contributed by atoms with Crippen molar-refractivity contribution in [2.75, 3.05) is 0 Å². The zero-order chi connectivity index (χ0) is 29.3. The zero-order valence-corrected chi connectivity index (χ0v) is 22.7. The summed E-state index contributed by atoms with van der Waals surface area (Å²) < 4.78 is 0. The van der Waals surface area contributed by atoms with Crippen molar-refractivity contribution >= 4 is 40.6 Å². The Hall–Kier alpha value is -3.93. The number of H-pyrrole nitrogens is 1. The molecule has 2 aromatic rings. The average Bonchev–Trinajstić information content (AvgIpc) is 3.26. The summed E-state index contributed by atoms with van der Waals surface area (Å²) in [5.41, 5.74) is 7.35. The quantitative estimate of drug-likeness (QED) is 0.172. The minimum atomic E-state index is -1.24. The fraction of sp³-hybridized carbons (Fsp3) is 0.519. The Morgan fingerprint density at radius 2 is 1.54 bits per heavy atom. The van der Waals surface area contributed by atoms with Gasteiger partial charge >= 0.3 is 11.9 Å². The summed E-state index contributed by atoms with van der Waals surface area (Å²) in [6.07, 6.45) is 1.59. The minimum Gasteiger partial charge on any atom is -0.481 e. The third kappa shape index (κ3) is 9.40. The molecule has 0 bridgehead atoms. The van der Waals surface area contributed by atoms with Gasteiger partial charge < -0.3 is 36.9 Å². The Morgan fingerprint density at radius 3 is 2.13 bits per heavy atom. The van der Waals surface area contributed by atoms with Crippen LogP contribution >= 0.6 is 0 Å². The van der Waals surface area contributed by atoms with Crippen LogP contribution in [0.5, 0.6) is 0 Å². The molecule has 1 aromatic heterocycles. The summed E-state index contributed by atoms with van der Waals surface area (Å²) in [6.45, 7) is 7.12. The highest BCUT2D eigenvalue weighted by Crippen LogP contribution is 2.19. The minimum absolute atomic E-state index is 0.00446. The molecule has 4 unspecified atom stereocenters. The summed E-state index contributed by atoms with van der Waals surface area (Å²) in [6, 6.07) is 2.95. The molecule has 8 N–H and O–H groups in total. The number of benzene rings is 1. The van der Waals surface area contributed by atoms with Crippen LogP contribution in [0, 0.1) is 11.8 Å². The standard InChI is InChI=1S/C27H39N5O7/c1-14(2)11-20(30-24(35)18(28)9-10-22(33)34)25(36)32-23(15(3)4)26(37)31-21(27(38)39)12-16-13-29-19-8-6-5-7-17(16)19/h5-8,13-15,18,20-21,23,29H,9-12,28H2,1-4H3,(H,30,35)(H,31,37)(H,32,36)(H,33,34)(H,38,39). The maximum atomic E-state index is 13.2. The number of carboxylic acid groups (broad SMARTS) is 2. The first-order valence-electron chi connectivity index (χ1n) is 13.0. The Bertz CT molecular complexity index is 1180. The normalized spacial score (nSPS) is 14.4. The van der Waals surface area contributed by atoms with Crippen LogP contribution in [0.4, 0.5) is 0 Å². The van der Waals surface area contributed by atoms with E-state index in [-0.39, 0.29) is 31.6 Å². The zero-order valence-electron chi connectivity index (χ0n) is 22.7. The van der Waals surface area contributed by atoms with Gasteiger partial charge in [-0.3, -0.25) is 19.2 Å². The highest BCUT2D eigenvalue weighted by Gasteiger charge is 2.32. The van der Waals surface area contributed by atoms with Crippen molar-refractivity contribution in [1.82, 2.24) is 20.9 Å². The Kier molecular flexibility index (Phi) is 11.5. The number of carbonyl (C=O) groups is 5. The van der Waals surface area contributed by atoms with Gasteiger partial charge in [0.25, 0.3) is 0 Å². The summed E-state index contributed by atoms with van der Waals surface area (Å²) in [5, 5.41) is 27.2. The molecule has 0 saturated heterocycles. The van der Waals surface area contributed by atoms with Gasteiger partial charge in [-0.15, -0.1) is 0 Å². The number of para-hydroxylation sites is 1. The number of aromatic nitrogens is 1. The van der Waals surface area contributed by atoms with Gasteiger partial charge in [0.1, 0.15) is 18.1 Å². The monoisotopic (exact) mass is 545 g/mol. The van der Waals surface area contributed by atoms with E-state index >= 15 is 0 Å². The molecule has 0 saturated carbocycles. The smallest absolute Gasteiger partial charge is 0.326 e. The molecule has 0 radical (unpaired) electrons. The molecule has 12 nitrogen and oxygen atoms in total. The van der Waals surface area contributed by atoms with Crippen LogP contribution in [-0.4, -0.2) is 69.0 Å². The SMILES string of the molecule is CC(C)CC(NC(=O)C(N)CCC(=O)O)C(=O)NC(C(=O)NC(Cc1c[nH]c2ccccc12)C(=O)O)C(C)C. The fourth-order valence-electron chi connectivity index (χ4n) is 4.16. The van der Waals surface area contributed by atoms with Gasteiger partial charge in [0.05, 0.1) is 6.04 Å². The summed E-state index contributed by atoms with van der Waals surface area (Å²) >= 11 is 0. The van der Waals surface area contributed by atoms with Gasteiger partial charge in [-0.05, 0) is 36.3 Å². The summed E-state index contributed by atoms with van der Waals surface area (Å²) in [5.74, 6) is -4.68. The lowest BCUT2D eigenvalue weighted by atomic mass is 9.98. The Morgan fingerprint density at radius 1 is 0.897 bits per heavy atom. The molecule has 2 rings (SSSR count). The first-order chi connectivity index (χ1) is 18.3. The number of hydrogen-bond donors (Lipinski definition) is 7. The third-order valence-corrected chi connectivity index (χ3v) is 6.31. The van der Waals surface area contributed by atoms with E-state index in [4.69, 9.17) is 10.8 Å². The lowest BCUT2D eigenvalue weighted by molar-refractivity contribution is -0.142. The largest absolute Gasteiger partial charge is 0.481 e. The number of rotatable bonds is 15. The van der Waals surface area contributed by atoms with Crippen molar-refractivity contribution < 1.29 is 34.2 Å². The van der Waals surface area contributed by atoms with Crippen LogP contribution in [0.1, 0.15) is 52.5 Å². The predicted molar refractivity (Wildman–Crippen MR) is 145 cm³/mol. The second-order valence-corrected chi connectivity index (χ2v) is 10.4. The Labute approximate surface area is 227 Å². The van der Waals surface area contributed by atoms with Crippen LogP contribution in [0.3, 0.4) is 0 Å². The maximum Gasteiger partial charge on any atom is 0.326 e. The first kappa shape index (κ1) is 31.3. The summed E-state index contributed by atoms with van der Waals surface area (Å²) in [7, 11) is 0. The van der Waals surface area contributed by atoms with Crippen LogP contribution in [0.25, 0.3) is 10.9 Å². The fourth-order valence-corrected chi connectivity index (χ4v) is 4.16. The molecule has 1 heterocycles. The van der Waals surface area contributed by atoms with Gasteiger partial charge in [0.15, 0.2) is 0 Å². The van der Waals surface area contributed by atoms with Crippen molar-refractivity contribution in [3.63, 3.8) is 0 Å². The molecule has 0 aliphatic rings. The molecular weight excluding hydrogens is 506 g/mol. The number of aliphatic carboxylic acids is 2. The van der Waals surface area contributed by atoms with Gasteiger partial charge in [-0.2, -0.15) is 0 Å². The Balaban J connectivity index is 2.13. The van der Waals surface area contributed by atoms with Crippen molar-refractivity contribution in [2.45, 2.75) is 77.5 Å². The van der Waals surface area contributed by atoms with E-state index in [0.717, 1.165) is 16.5 Å². The van der Waals surface area contributed by atoms with Gasteiger partial charge in [-0.25, -0.2) is 4.79 Å². The van der Waals surface area contributed by atoms with E-state index in [0.29, 0.717) is 0 Å². The number of nitrogens with one attached hydrogen (secondary N) is 4. The van der Waals surface area contributed by atoms with Crippen LogP contribution in [-0.2, 0) is 30.4 Å². The highest BCUT2D eigenvalue weighted by molar-refractivity contribution is 5.94. The number of carboxylic acids is 2. The topological polar surface area (TPSA) is 204 Å². The number of aromatic amines is 1. The van der Waals surface area contributed by atoms with E-state index in [1.165, 1.54) is 0 Å². The van der Waals surface area contributed by atoms with Crippen LogP contribution in [0.2, 0.25) is 0 Å².